The second-order valence-corrected chi connectivity index (χ2v) is 3.79. The van der Waals surface area contributed by atoms with Gasteiger partial charge < -0.3 is 0 Å². The van der Waals surface area contributed by atoms with Crippen LogP contribution in [0.3, 0.4) is 0 Å². The first-order valence-corrected chi connectivity index (χ1v) is 5.37. The van der Waals surface area contributed by atoms with Crippen LogP contribution in [0.4, 0.5) is 4.39 Å². The van der Waals surface area contributed by atoms with Crippen LogP contribution in [0.25, 0.3) is 0 Å². The highest BCUT2D eigenvalue weighted by molar-refractivity contribution is 6.34. The Hall–Kier alpha value is -1.75. The number of nitrogens with zero attached hydrogens (tertiary/aromatic N) is 3. The number of hydrogen-bond acceptors (Lipinski definition) is 3. The lowest BCUT2D eigenvalue weighted by Gasteiger charge is -2.04. The summed E-state index contributed by atoms with van der Waals surface area (Å²) < 4.78 is 14.4. The van der Waals surface area contributed by atoms with Crippen molar-refractivity contribution >= 4 is 17.4 Å². The van der Waals surface area contributed by atoms with E-state index >= 15 is 0 Å². The van der Waals surface area contributed by atoms with E-state index in [9.17, 15) is 9.18 Å². The molecule has 2 heterocycles. The third kappa shape index (κ3) is 2.19. The number of ketones is 1. The molecule has 0 atom stereocenters. The molecule has 0 amide bonds. The van der Waals surface area contributed by atoms with Gasteiger partial charge in [-0.15, -0.1) is 0 Å². The minimum atomic E-state index is -0.561. The molecule has 2 rings (SSSR count). The van der Waals surface area contributed by atoms with Gasteiger partial charge in [0.15, 0.2) is 0 Å². The Morgan fingerprint density at radius 2 is 2.24 bits per heavy atom. The molecule has 0 radical (unpaired) electrons. The number of aromatic nitrogens is 3. The van der Waals surface area contributed by atoms with Gasteiger partial charge in [-0.2, -0.15) is 5.10 Å². The Morgan fingerprint density at radius 1 is 1.47 bits per heavy atom. The van der Waals surface area contributed by atoms with Gasteiger partial charge in [0, 0.05) is 18.3 Å². The topological polar surface area (TPSA) is 47.8 Å². The van der Waals surface area contributed by atoms with Crippen LogP contribution in [-0.2, 0) is 6.54 Å². The number of halogens is 2. The molecule has 0 aliphatic carbocycles. The predicted octanol–water partition coefficient (Wildman–Crippen LogP) is 2.32. The van der Waals surface area contributed by atoms with Crippen LogP contribution in [0, 0.1) is 5.82 Å². The highest BCUT2D eigenvalue weighted by Gasteiger charge is 2.19. The van der Waals surface area contributed by atoms with Crippen molar-refractivity contribution < 1.29 is 9.18 Å². The maximum atomic E-state index is 13.0. The summed E-state index contributed by atoms with van der Waals surface area (Å²) in [7, 11) is 0. The number of pyridine rings is 1. The van der Waals surface area contributed by atoms with E-state index in [0.717, 1.165) is 12.3 Å². The van der Waals surface area contributed by atoms with Crippen molar-refractivity contribution in [2.24, 2.45) is 0 Å². The fourth-order valence-electron chi connectivity index (χ4n) is 1.50. The minimum absolute atomic E-state index is 0.155. The largest absolute Gasteiger partial charge is 0.287 e. The van der Waals surface area contributed by atoms with Crippen molar-refractivity contribution in [1.29, 1.82) is 0 Å². The van der Waals surface area contributed by atoms with Crippen LogP contribution >= 0.6 is 11.6 Å². The average Bonchev–Trinajstić information content (AvgIpc) is 2.69. The van der Waals surface area contributed by atoms with E-state index in [-0.39, 0.29) is 22.1 Å². The Balaban J connectivity index is 2.47. The zero-order valence-corrected chi connectivity index (χ0v) is 9.78. The molecular weight excluding hydrogens is 245 g/mol. The quantitative estimate of drug-likeness (QED) is 0.789. The van der Waals surface area contributed by atoms with Gasteiger partial charge in [-0.25, -0.2) is 4.39 Å². The SMILES string of the molecule is CCn1ncc(Cl)c1C(=O)c1cncc(F)c1. The third-order valence-corrected chi connectivity index (χ3v) is 2.55. The normalized spacial score (nSPS) is 10.5. The summed E-state index contributed by atoms with van der Waals surface area (Å²) in [4.78, 5) is 15.7. The van der Waals surface area contributed by atoms with E-state index in [1.807, 2.05) is 6.92 Å². The maximum Gasteiger partial charge on any atom is 0.214 e. The summed E-state index contributed by atoms with van der Waals surface area (Å²) >= 11 is 5.89. The molecule has 0 spiro atoms. The molecule has 17 heavy (non-hydrogen) atoms. The van der Waals surface area contributed by atoms with Gasteiger partial charge in [-0.1, -0.05) is 11.6 Å². The van der Waals surface area contributed by atoms with Crippen molar-refractivity contribution in [3.63, 3.8) is 0 Å². The van der Waals surface area contributed by atoms with E-state index in [2.05, 4.69) is 10.1 Å². The number of carbonyl (C=O) groups excluding carboxylic acids is 1. The first-order chi connectivity index (χ1) is 8.13. The van der Waals surface area contributed by atoms with Gasteiger partial charge >= 0.3 is 0 Å². The van der Waals surface area contributed by atoms with Gasteiger partial charge in [-0.3, -0.25) is 14.5 Å². The molecule has 0 saturated carbocycles. The van der Waals surface area contributed by atoms with Crippen molar-refractivity contribution in [2.45, 2.75) is 13.5 Å². The lowest BCUT2D eigenvalue weighted by atomic mass is 10.1. The summed E-state index contributed by atoms with van der Waals surface area (Å²) in [6.45, 7) is 2.35. The van der Waals surface area contributed by atoms with Crippen molar-refractivity contribution in [2.75, 3.05) is 0 Å². The highest BCUT2D eigenvalue weighted by Crippen LogP contribution is 2.19. The summed E-state index contributed by atoms with van der Waals surface area (Å²) in [6.07, 6.45) is 3.73. The standard InChI is InChI=1S/C11H9ClFN3O/c1-2-16-10(9(12)6-15-16)11(17)7-3-8(13)5-14-4-7/h3-6H,2H2,1H3. The van der Waals surface area contributed by atoms with E-state index in [1.165, 1.54) is 17.1 Å². The Bertz CT molecular complexity index is 568. The van der Waals surface area contributed by atoms with Crippen LogP contribution in [0.5, 0.6) is 0 Å². The van der Waals surface area contributed by atoms with Crippen molar-refractivity contribution in [1.82, 2.24) is 14.8 Å². The van der Waals surface area contributed by atoms with Crippen LogP contribution in [0.1, 0.15) is 23.0 Å². The number of carbonyl (C=O) groups is 1. The molecule has 6 heteroatoms. The van der Waals surface area contributed by atoms with Gasteiger partial charge in [0.25, 0.3) is 0 Å². The van der Waals surface area contributed by atoms with Gasteiger partial charge in [-0.05, 0) is 13.0 Å². The van der Waals surface area contributed by atoms with Gasteiger partial charge in [0.2, 0.25) is 5.78 Å². The second kappa shape index (κ2) is 4.63. The first kappa shape index (κ1) is 11.7. The molecule has 0 aliphatic rings. The molecule has 0 saturated heterocycles. The second-order valence-electron chi connectivity index (χ2n) is 3.38. The molecule has 88 valence electrons. The third-order valence-electron chi connectivity index (χ3n) is 2.28. The fraction of sp³-hybridized carbons (Fsp3) is 0.182. The number of hydrogen-bond donors (Lipinski definition) is 0. The monoisotopic (exact) mass is 253 g/mol. The molecule has 2 aromatic heterocycles. The van der Waals surface area contributed by atoms with E-state index < -0.39 is 5.82 Å². The fourth-order valence-corrected chi connectivity index (χ4v) is 1.73. The molecule has 0 aliphatic heterocycles. The molecule has 0 N–H and O–H groups in total. The maximum absolute atomic E-state index is 13.0. The smallest absolute Gasteiger partial charge is 0.214 e. The Morgan fingerprint density at radius 3 is 2.88 bits per heavy atom. The van der Waals surface area contributed by atoms with Crippen LogP contribution in [-0.4, -0.2) is 20.5 Å². The summed E-state index contributed by atoms with van der Waals surface area (Å²) in [5.41, 5.74) is 0.406. The molecule has 0 fully saturated rings. The van der Waals surface area contributed by atoms with Crippen molar-refractivity contribution in [3.8, 4) is 0 Å². The first-order valence-electron chi connectivity index (χ1n) is 5.00. The molecule has 0 aromatic carbocycles. The van der Waals surface area contributed by atoms with Gasteiger partial charge in [0.1, 0.15) is 11.5 Å². The van der Waals surface area contributed by atoms with Crippen LogP contribution < -0.4 is 0 Å². The Kier molecular flexibility index (Phi) is 3.19. The molecule has 0 bridgehead atoms. The average molecular weight is 254 g/mol. The lowest BCUT2D eigenvalue weighted by molar-refractivity contribution is 0.102. The number of rotatable bonds is 3. The van der Waals surface area contributed by atoms with Crippen LogP contribution in [0.2, 0.25) is 5.02 Å². The minimum Gasteiger partial charge on any atom is -0.287 e. The molecular formula is C11H9ClFN3O. The predicted molar refractivity (Wildman–Crippen MR) is 60.5 cm³/mol. The van der Waals surface area contributed by atoms with E-state index in [4.69, 9.17) is 11.6 Å². The molecule has 2 aromatic rings. The lowest BCUT2D eigenvalue weighted by Crippen LogP contribution is -2.11. The summed E-state index contributed by atoms with van der Waals surface area (Å²) in [6, 6.07) is 1.12. The zero-order valence-electron chi connectivity index (χ0n) is 9.02. The van der Waals surface area contributed by atoms with Crippen LogP contribution in [0.15, 0.2) is 24.7 Å². The Labute approximate surface area is 102 Å². The molecule has 4 nitrogen and oxygen atoms in total. The van der Waals surface area contributed by atoms with E-state index in [0.29, 0.717) is 6.54 Å². The molecule has 0 unspecified atom stereocenters. The van der Waals surface area contributed by atoms with Crippen molar-refractivity contribution in [3.05, 3.63) is 46.8 Å². The number of aryl methyl sites for hydroxylation is 1. The van der Waals surface area contributed by atoms with E-state index in [1.54, 1.807) is 0 Å². The zero-order chi connectivity index (χ0) is 12.4. The summed E-state index contributed by atoms with van der Waals surface area (Å²) in [5.74, 6) is -0.948. The highest BCUT2D eigenvalue weighted by atomic mass is 35.5. The summed E-state index contributed by atoms with van der Waals surface area (Å²) in [5, 5.41) is 4.20. The van der Waals surface area contributed by atoms with Gasteiger partial charge in [0.05, 0.1) is 17.4 Å².